The van der Waals surface area contributed by atoms with Gasteiger partial charge in [-0.2, -0.15) is 0 Å². The molecule has 3 nitrogen and oxygen atoms in total. The maximum atomic E-state index is 13.4. The summed E-state index contributed by atoms with van der Waals surface area (Å²) in [5, 5.41) is 5.76. The first-order chi connectivity index (χ1) is 8.65. The number of nitrogens with one attached hydrogen (secondary N) is 2. The van der Waals surface area contributed by atoms with E-state index in [4.69, 9.17) is 0 Å². The van der Waals surface area contributed by atoms with Crippen LogP contribution in [0.5, 0.6) is 0 Å². The molecule has 0 aromatic heterocycles. The fraction of sp³-hybridized carbons (Fsp3) is 0.462. The lowest BCUT2D eigenvalue weighted by Crippen LogP contribution is -2.36. The molecule has 0 aliphatic heterocycles. The number of hydrogen-bond acceptors (Lipinski definition) is 2. The molecule has 1 amide bonds. The fourth-order valence-electron chi connectivity index (χ4n) is 2.16. The first-order valence-electron chi connectivity index (χ1n) is 6.13. The summed E-state index contributed by atoms with van der Waals surface area (Å²) in [7, 11) is 0. The van der Waals surface area contributed by atoms with Gasteiger partial charge < -0.3 is 10.6 Å². The summed E-state index contributed by atoms with van der Waals surface area (Å²) in [5.74, 6) is -0.437. The van der Waals surface area contributed by atoms with Gasteiger partial charge in [0.1, 0.15) is 5.82 Å². The molecule has 98 valence electrons. The molecule has 1 aliphatic carbocycles. The van der Waals surface area contributed by atoms with E-state index in [1.807, 2.05) is 0 Å². The van der Waals surface area contributed by atoms with Crippen LogP contribution in [0.25, 0.3) is 0 Å². The third-order valence-corrected chi connectivity index (χ3v) is 3.58. The standard InChI is InChI=1S/C13H16BrFN2O/c14-9-5-6-11(15)12(7-9)16-8-13(18)17-10-3-1-2-4-10/h5-7,10,16H,1-4,8H2,(H,17,18). The van der Waals surface area contributed by atoms with Crippen molar-refractivity contribution in [3.8, 4) is 0 Å². The molecule has 1 aromatic carbocycles. The average molecular weight is 315 g/mol. The van der Waals surface area contributed by atoms with Crippen molar-refractivity contribution in [3.05, 3.63) is 28.5 Å². The molecular formula is C13H16BrFN2O. The Morgan fingerprint density at radius 1 is 1.39 bits per heavy atom. The summed E-state index contributed by atoms with van der Waals surface area (Å²) in [6.45, 7) is 0.101. The van der Waals surface area contributed by atoms with Crippen LogP contribution in [0.1, 0.15) is 25.7 Å². The highest BCUT2D eigenvalue weighted by molar-refractivity contribution is 9.10. The van der Waals surface area contributed by atoms with Crippen molar-refractivity contribution < 1.29 is 9.18 Å². The Morgan fingerprint density at radius 2 is 2.11 bits per heavy atom. The number of benzene rings is 1. The average Bonchev–Trinajstić information content (AvgIpc) is 2.83. The summed E-state index contributed by atoms with van der Waals surface area (Å²) in [6.07, 6.45) is 4.46. The largest absolute Gasteiger partial charge is 0.374 e. The Morgan fingerprint density at radius 3 is 2.83 bits per heavy atom. The molecule has 5 heteroatoms. The molecule has 0 heterocycles. The van der Waals surface area contributed by atoms with E-state index < -0.39 is 0 Å². The van der Waals surface area contributed by atoms with E-state index in [9.17, 15) is 9.18 Å². The second-order valence-corrected chi connectivity index (χ2v) is 5.44. The molecule has 1 saturated carbocycles. The summed E-state index contributed by atoms with van der Waals surface area (Å²) < 4.78 is 14.2. The van der Waals surface area contributed by atoms with Gasteiger partial charge in [0.25, 0.3) is 0 Å². The van der Waals surface area contributed by atoms with Crippen molar-refractivity contribution in [3.63, 3.8) is 0 Å². The molecule has 0 spiro atoms. The van der Waals surface area contributed by atoms with Crippen molar-refractivity contribution in [1.82, 2.24) is 5.32 Å². The second kappa shape index (κ2) is 6.18. The molecule has 2 rings (SSSR count). The SMILES string of the molecule is O=C(CNc1cc(Br)ccc1F)NC1CCCC1. The molecule has 0 unspecified atom stereocenters. The zero-order valence-electron chi connectivity index (χ0n) is 10.0. The third-order valence-electron chi connectivity index (χ3n) is 3.09. The lowest BCUT2D eigenvalue weighted by atomic mass is 10.2. The molecule has 18 heavy (non-hydrogen) atoms. The Hall–Kier alpha value is -1.10. The van der Waals surface area contributed by atoms with Crippen LogP contribution < -0.4 is 10.6 Å². The van der Waals surface area contributed by atoms with Crippen LogP contribution in [0, 0.1) is 5.82 Å². The van der Waals surface area contributed by atoms with Gasteiger partial charge in [-0.1, -0.05) is 28.8 Å². The van der Waals surface area contributed by atoms with E-state index in [-0.39, 0.29) is 18.3 Å². The third kappa shape index (κ3) is 3.70. The number of halogens is 2. The van der Waals surface area contributed by atoms with Crippen molar-refractivity contribution in [1.29, 1.82) is 0 Å². The highest BCUT2D eigenvalue weighted by Gasteiger charge is 2.16. The summed E-state index contributed by atoms with van der Waals surface area (Å²) in [5.41, 5.74) is 0.339. The molecule has 0 atom stereocenters. The highest BCUT2D eigenvalue weighted by atomic mass is 79.9. The van der Waals surface area contributed by atoms with Gasteiger partial charge in [-0.25, -0.2) is 4.39 Å². The van der Waals surface area contributed by atoms with Gasteiger partial charge in [0.2, 0.25) is 5.91 Å². The molecular weight excluding hydrogens is 299 g/mol. The molecule has 0 radical (unpaired) electrons. The molecule has 1 aromatic rings. The van der Waals surface area contributed by atoms with Crippen LogP contribution in [0.2, 0.25) is 0 Å². The van der Waals surface area contributed by atoms with Gasteiger partial charge in [0, 0.05) is 10.5 Å². The number of carbonyl (C=O) groups is 1. The van der Waals surface area contributed by atoms with Gasteiger partial charge in [-0.15, -0.1) is 0 Å². The van der Waals surface area contributed by atoms with Crippen LogP contribution in [-0.4, -0.2) is 18.5 Å². The topological polar surface area (TPSA) is 41.1 Å². The van der Waals surface area contributed by atoms with Crippen LogP contribution in [0.15, 0.2) is 22.7 Å². The maximum Gasteiger partial charge on any atom is 0.239 e. The van der Waals surface area contributed by atoms with E-state index in [0.717, 1.165) is 17.3 Å². The van der Waals surface area contributed by atoms with Crippen LogP contribution >= 0.6 is 15.9 Å². The molecule has 0 saturated heterocycles. The minimum absolute atomic E-state index is 0.0822. The summed E-state index contributed by atoms with van der Waals surface area (Å²) in [6, 6.07) is 4.91. The second-order valence-electron chi connectivity index (χ2n) is 4.53. The number of anilines is 1. The van der Waals surface area contributed by atoms with Crippen LogP contribution in [-0.2, 0) is 4.79 Å². The molecule has 1 fully saturated rings. The first kappa shape index (κ1) is 13.3. The van der Waals surface area contributed by atoms with Crippen molar-refractivity contribution in [2.75, 3.05) is 11.9 Å². The van der Waals surface area contributed by atoms with Gasteiger partial charge >= 0.3 is 0 Å². The zero-order valence-corrected chi connectivity index (χ0v) is 11.6. The maximum absolute atomic E-state index is 13.4. The van der Waals surface area contributed by atoms with E-state index in [1.165, 1.54) is 18.9 Å². The number of carbonyl (C=O) groups excluding carboxylic acids is 1. The number of rotatable bonds is 4. The summed E-state index contributed by atoms with van der Waals surface area (Å²) >= 11 is 3.27. The Kier molecular flexibility index (Phi) is 4.58. The quantitative estimate of drug-likeness (QED) is 0.896. The monoisotopic (exact) mass is 314 g/mol. The van der Waals surface area contributed by atoms with E-state index in [2.05, 4.69) is 26.6 Å². The van der Waals surface area contributed by atoms with Crippen LogP contribution in [0.3, 0.4) is 0 Å². The number of amides is 1. The van der Waals surface area contributed by atoms with Crippen molar-refractivity contribution >= 4 is 27.5 Å². The van der Waals surface area contributed by atoms with Crippen molar-refractivity contribution in [2.45, 2.75) is 31.7 Å². The Balaban J connectivity index is 1.83. The van der Waals surface area contributed by atoms with E-state index in [0.29, 0.717) is 11.7 Å². The minimum atomic E-state index is -0.355. The van der Waals surface area contributed by atoms with Crippen LogP contribution in [0.4, 0.5) is 10.1 Å². The van der Waals surface area contributed by atoms with E-state index >= 15 is 0 Å². The van der Waals surface area contributed by atoms with Gasteiger partial charge in [0.15, 0.2) is 0 Å². The number of hydrogen-bond donors (Lipinski definition) is 2. The van der Waals surface area contributed by atoms with E-state index in [1.54, 1.807) is 12.1 Å². The first-order valence-corrected chi connectivity index (χ1v) is 6.93. The summed E-state index contributed by atoms with van der Waals surface area (Å²) in [4.78, 5) is 11.7. The lowest BCUT2D eigenvalue weighted by molar-refractivity contribution is -0.120. The fourth-order valence-corrected chi connectivity index (χ4v) is 2.52. The molecule has 1 aliphatic rings. The zero-order chi connectivity index (χ0) is 13.0. The van der Waals surface area contributed by atoms with Gasteiger partial charge in [-0.3, -0.25) is 4.79 Å². The Bertz CT molecular complexity index is 433. The highest BCUT2D eigenvalue weighted by Crippen LogP contribution is 2.20. The lowest BCUT2D eigenvalue weighted by Gasteiger charge is -2.13. The minimum Gasteiger partial charge on any atom is -0.374 e. The van der Waals surface area contributed by atoms with Gasteiger partial charge in [0.05, 0.1) is 12.2 Å². The molecule has 2 N–H and O–H groups in total. The van der Waals surface area contributed by atoms with Gasteiger partial charge in [-0.05, 0) is 31.0 Å². The normalized spacial score (nSPS) is 15.7. The van der Waals surface area contributed by atoms with Crippen molar-refractivity contribution in [2.24, 2.45) is 0 Å². The molecule has 0 bridgehead atoms. The smallest absolute Gasteiger partial charge is 0.239 e. The Labute approximate surface area is 114 Å². The predicted octanol–water partition coefficient (Wildman–Crippen LogP) is 3.06. The predicted molar refractivity (Wildman–Crippen MR) is 73.0 cm³/mol.